The van der Waals surface area contributed by atoms with Gasteiger partial charge in [-0.2, -0.15) is 21.2 Å². The molecule has 0 spiro atoms. The molecule has 1 aliphatic rings. The van der Waals surface area contributed by atoms with Crippen molar-refractivity contribution in [3.63, 3.8) is 0 Å². The minimum absolute atomic E-state index is 0.0344. The van der Waals surface area contributed by atoms with Gasteiger partial charge in [-0.05, 0) is 278 Å². The van der Waals surface area contributed by atoms with Gasteiger partial charge >= 0.3 is 13.8 Å². The fourth-order valence-electron chi connectivity index (χ4n) is 12.4. The Kier molecular flexibility index (Phi) is 59.6. The molecule has 0 saturated heterocycles. The maximum atomic E-state index is 11.1. The SMILES string of the molecule is Cl[Si](Cl)(c1ccccc1)c1ccccc1.Clc1cccc(I)c1-c1cc(Br)ccc1I.Clc1cccc2c1-c1cc(Br)ccc1[Si]2(c1ccccc1)c1ccccc1.Nc1ccc(Br)cc1-c1c(N)cccc1Cl.O=[N+]([O-])c1ccc(Br)cc1-c1c(Cl)cccc1[N+](=O)[O-].O=[N+]([O-])c1ccc(Br)cc1Br.O=[N+]([O-])c1cccc(Cl)c1B(O)O.[B]B([BH3-])B([B])[B][BH3-].[B]B([B])B([B])[B][BH3-].[B]B([B][BH3-])B([BH3-])[BH3-].[B][B]B([B])B([B])[B]. The van der Waals surface area contributed by atoms with Crippen LogP contribution in [0.15, 0.2) is 330 Å². The van der Waals surface area contributed by atoms with Gasteiger partial charge in [0.15, 0.2) is 8.07 Å². The fraction of sp³-hybridized carbons (Fsp3) is 0. The summed E-state index contributed by atoms with van der Waals surface area (Å²) in [6, 6.07) is 94.8. The molecule has 24 radical (unpaired) electrons. The second-order valence-corrected chi connectivity index (χ2v) is 48.4. The Morgan fingerprint density at radius 3 is 1.13 bits per heavy atom. The highest BCUT2D eigenvalue weighted by molar-refractivity contribution is 14.1. The summed E-state index contributed by atoms with van der Waals surface area (Å²) in [5, 5.41) is 70.3. The van der Waals surface area contributed by atoms with Crippen LogP contribution in [-0.4, -0.2) is 255 Å². The summed E-state index contributed by atoms with van der Waals surface area (Å²) in [7, 11) is 59.2. The van der Waals surface area contributed by atoms with E-state index in [1.54, 1.807) is 18.2 Å². The van der Waals surface area contributed by atoms with E-state index in [0.717, 1.165) is 67.5 Å². The van der Waals surface area contributed by atoms with E-state index in [1.165, 1.54) is 106 Å². The van der Waals surface area contributed by atoms with E-state index in [9.17, 15) is 40.5 Å². The number of rotatable bonds is 20. The van der Waals surface area contributed by atoms with E-state index < -0.39 is 53.7 Å². The van der Waals surface area contributed by atoms with Crippen LogP contribution in [0.4, 0.5) is 34.1 Å². The number of hydrogen-bond acceptors (Lipinski definition) is 12. The number of fused-ring (bicyclic) bond motifs is 3. The zero-order chi connectivity index (χ0) is 109. The highest BCUT2D eigenvalue weighted by atomic mass is 127. The van der Waals surface area contributed by atoms with Crippen molar-refractivity contribution in [2.24, 2.45) is 0 Å². The first-order chi connectivity index (χ1) is 68.9. The number of benzene rings is 14. The van der Waals surface area contributed by atoms with Crippen LogP contribution in [0.3, 0.4) is 0 Å². The van der Waals surface area contributed by atoms with Crippen LogP contribution in [0, 0.1) is 47.6 Å². The van der Waals surface area contributed by atoms with E-state index in [2.05, 4.69) is 264 Å². The van der Waals surface area contributed by atoms with Gasteiger partial charge in [-0.1, -0.05) is 345 Å². The van der Waals surface area contributed by atoms with Crippen LogP contribution in [0.2, 0.25) is 25.1 Å². The van der Waals surface area contributed by atoms with Crippen molar-refractivity contribution in [1.82, 2.24) is 0 Å². The molecule has 0 aromatic heterocycles. The molecular weight excluding hydrogens is 2600 g/mol. The average Bonchev–Trinajstić information content (AvgIpc) is 1.53. The Balaban J connectivity index is 0.000000291. The molecule has 0 bridgehead atoms. The van der Waals surface area contributed by atoms with Gasteiger partial charge in [0, 0.05) is 153 Å². The molecule has 0 unspecified atom stereocenters. The lowest BCUT2D eigenvalue weighted by Gasteiger charge is -2.31. The highest BCUT2D eigenvalue weighted by Crippen LogP contribution is 2.44. The standard InChI is InChI=1S/C24H16BrClSi.C12H6BrClI2.C12H6BrClN2O4.C12H10BrClN2.C12H10Cl2Si.C6H5BClNO4.C6H3Br2NO2.B7H9.B7H6.B7H3.B7/c25-17-14-15-22-20(16-17)24-21(26)12-7-13-23(24)27(22,18-8-3-1-4-9-18)19-10-5-2-6-11-19;13-7-4-5-10(15)8(6-7)12-9(14)2-1-3-11(12)16;13-7-4-5-10(15(17)18)8(6-7)12-9(14)2-1-3-11(12)16(19)20;13-7-4-5-10(15)8(6-7)12-9(14)2-1-3-11(12)16;13-15(14,11-7-3-1-4-8-11)12-9-5-2-6-10-12;8-4-2-1-3-5(9(12)13)6(4)7(10)11;7-4-1-2-6(9(10)11)5(8)3-4;4*1-5-7(4)6(2)3/h1-16H;1-6H;1-6H;1-6H,15-16H2;1-10H;1-3,10-11H;1-3H;1-3H3;1-2H3;1H3;/q;;;;;;;-3;-2;-1;. The van der Waals surface area contributed by atoms with E-state index in [4.69, 9.17) is 179 Å². The van der Waals surface area contributed by atoms with E-state index in [1.807, 2.05) is 122 Å². The van der Waals surface area contributed by atoms with Gasteiger partial charge < -0.3 is 21.5 Å². The molecule has 0 aliphatic carbocycles. The van der Waals surface area contributed by atoms with E-state index in [-0.39, 0.29) is 77.0 Å². The quantitative estimate of drug-likeness (QED) is 0.0139. The maximum absolute atomic E-state index is 11.1. The van der Waals surface area contributed by atoms with Crippen molar-refractivity contribution < 1.29 is 29.7 Å². The first kappa shape index (κ1) is 131. The van der Waals surface area contributed by atoms with Crippen molar-refractivity contribution in [2.45, 2.75) is 0 Å². The second-order valence-electron chi connectivity index (χ2n) is 28.6. The van der Waals surface area contributed by atoms with Gasteiger partial charge in [0.05, 0.1) is 50.8 Å². The fourth-order valence-corrected chi connectivity index (χ4v) is 26.3. The number of nitrogens with two attached hydrogens (primary N) is 2. The van der Waals surface area contributed by atoms with Gasteiger partial charge in [-0.3, -0.25) is 46.8 Å². The van der Waals surface area contributed by atoms with Gasteiger partial charge in [-0.15, -0.1) is 44.0 Å². The van der Waals surface area contributed by atoms with Crippen molar-refractivity contribution in [3.05, 3.63) is 403 Å². The van der Waals surface area contributed by atoms with Crippen molar-refractivity contribution in [1.29, 1.82) is 0 Å². The summed E-state index contributed by atoms with van der Waals surface area (Å²) >= 11 is 68.4. The molecule has 0 saturated carbocycles. The lowest BCUT2D eigenvalue weighted by atomic mass is 8.76. The van der Waals surface area contributed by atoms with Crippen molar-refractivity contribution >= 4 is 517 Å². The average molecular weight is 2680 g/mol. The molecule has 14 aromatic rings. The summed E-state index contributed by atoms with van der Waals surface area (Å²) in [4.78, 5) is 40.5. The number of nitro groups is 4. The predicted molar refractivity (Wildman–Crippen MR) is 715 cm³/mol. The van der Waals surface area contributed by atoms with Crippen LogP contribution in [-0.2, 0) is 0 Å². The summed E-state index contributed by atoms with van der Waals surface area (Å²) < 4.78 is 7.32. The van der Waals surface area contributed by atoms with Crippen LogP contribution in [0.25, 0.3) is 44.5 Å². The monoisotopic (exact) mass is 2670 g/mol. The van der Waals surface area contributed by atoms with E-state index >= 15 is 0 Å². The van der Waals surface area contributed by atoms with Crippen molar-refractivity contribution in [3.8, 4) is 44.5 Å². The third-order valence-electron chi connectivity index (χ3n) is 18.8. The van der Waals surface area contributed by atoms with Crippen LogP contribution >= 0.6 is 221 Å². The molecule has 15 rings (SSSR count). The summed E-state index contributed by atoms with van der Waals surface area (Å²) in [5.74, 6) is 0. The molecule has 62 heteroatoms. The van der Waals surface area contributed by atoms with E-state index in [0.29, 0.717) is 76.8 Å². The smallest absolute Gasteiger partial charge is 0.423 e. The Bertz CT molecular complexity index is 6390. The largest absolute Gasteiger partial charge is 0.497 e. The topological polar surface area (TPSA) is 265 Å². The normalized spacial score (nSPS) is 10.5. The minimum Gasteiger partial charge on any atom is -0.423 e. The number of nitrogen functional groups attached to an aromatic ring is 2. The molecule has 6 N–H and O–H groups in total. The highest BCUT2D eigenvalue weighted by Gasteiger charge is 2.49. The first-order valence-electron chi connectivity index (χ1n) is 40.1. The molecule has 1 heterocycles. The van der Waals surface area contributed by atoms with Gasteiger partial charge in [0.2, 0.25) is 0 Å². The molecule has 706 valence electrons. The number of nitrogens with zero attached hydrogens (tertiary/aromatic N) is 4. The molecule has 0 atom stereocenters. The maximum Gasteiger partial charge on any atom is 0.497 e. The third-order valence-corrected chi connectivity index (χ3v) is 34.9. The molecular formula is C84H74B29Br6Cl7I2N6O10Si2-6. The Morgan fingerprint density at radius 2 is 0.740 bits per heavy atom. The lowest BCUT2D eigenvalue weighted by Crippen LogP contribution is -2.72. The molecule has 14 aromatic carbocycles. The van der Waals surface area contributed by atoms with Gasteiger partial charge in [-0.25, -0.2) is 0 Å². The minimum atomic E-state index is -2.51. The molecule has 1 aliphatic heterocycles. The molecule has 0 amide bonds. The second kappa shape index (κ2) is 66.2. The number of anilines is 2. The van der Waals surface area contributed by atoms with Crippen LogP contribution in [0.5, 0.6) is 0 Å². The third kappa shape index (κ3) is 39.7. The number of hydrogen-bond donors (Lipinski definition) is 4. The van der Waals surface area contributed by atoms with Crippen molar-refractivity contribution in [2.75, 3.05) is 11.5 Å². The summed E-state index contributed by atoms with van der Waals surface area (Å²) in [6.07, 6.45) is 1.11. The Morgan fingerprint density at radius 1 is 0.363 bits per heavy atom. The van der Waals surface area contributed by atoms with Crippen LogP contribution < -0.4 is 48.1 Å². The zero-order valence-corrected chi connectivity index (χ0v) is 94.0. The lowest BCUT2D eigenvalue weighted by molar-refractivity contribution is -0.386. The molecule has 0 fully saturated rings. The Labute approximate surface area is 993 Å². The number of halogens is 15. The van der Waals surface area contributed by atoms with Gasteiger partial charge in [0.25, 0.3) is 22.7 Å². The molecule has 16 nitrogen and oxygen atoms in total. The zero-order valence-electron chi connectivity index (χ0n) is 72.9. The predicted octanol–water partition coefficient (Wildman–Crippen LogP) is 9.25. The van der Waals surface area contributed by atoms with Crippen LogP contribution in [0.1, 0.15) is 0 Å². The number of nitro benzene ring substituents is 4. The summed E-state index contributed by atoms with van der Waals surface area (Å²) in [5.41, 5.74) is 18.5. The Hall–Kier alpha value is -5.11. The molecule has 146 heavy (non-hydrogen) atoms. The van der Waals surface area contributed by atoms with Gasteiger partial charge in [0.1, 0.15) is 0 Å². The summed E-state index contributed by atoms with van der Waals surface area (Å²) in [6.45, 7) is -2.51. The first-order valence-corrected chi connectivity index (χ1v) is 55.0.